The molecule has 0 aliphatic heterocycles. The molecule has 2 aromatic rings. The molecule has 2 aromatic carbocycles. The van der Waals surface area contributed by atoms with E-state index in [2.05, 4.69) is 0 Å². The number of ether oxygens (including phenoxy) is 2. The van der Waals surface area contributed by atoms with E-state index in [1.807, 2.05) is 18.2 Å². The first-order chi connectivity index (χ1) is 9.17. The van der Waals surface area contributed by atoms with E-state index in [1.165, 1.54) is 0 Å². The molecular weight excluding hydrogens is 247 g/mol. The molecule has 1 N–H and O–H groups in total. The van der Waals surface area contributed by atoms with Gasteiger partial charge in [0, 0.05) is 6.07 Å². The van der Waals surface area contributed by atoms with Crippen molar-refractivity contribution in [1.29, 1.82) is 0 Å². The molecule has 0 aliphatic carbocycles. The molecule has 0 fully saturated rings. The SMILES string of the molecule is COc1cccc(Oc2ccc([CH]C(O)F)cc2)c1. The van der Waals surface area contributed by atoms with Crippen LogP contribution in [0.2, 0.25) is 0 Å². The molecule has 0 bridgehead atoms. The van der Waals surface area contributed by atoms with Crippen molar-refractivity contribution in [3.8, 4) is 17.2 Å². The number of aliphatic hydroxyl groups excluding tert-OH is 1. The van der Waals surface area contributed by atoms with Crippen molar-refractivity contribution < 1.29 is 19.0 Å². The summed E-state index contributed by atoms with van der Waals surface area (Å²) in [5.74, 6) is 1.99. The molecule has 0 heterocycles. The van der Waals surface area contributed by atoms with Gasteiger partial charge in [0.1, 0.15) is 17.2 Å². The highest BCUT2D eigenvalue weighted by Gasteiger charge is 2.04. The minimum atomic E-state index is -1.95. The van der Waals surface area contributed by atoms with Crippen LogP contribution in [0.1, 0.15) is 5.56 Å². The van der Waals surface area contributed by atoms with Gasteiger partial charge in [-0.15, -0.1) is 0 Å². The number of methoxy groups -OCH3 is 1. The van der Waals surface area contributed by atoms with Crippen molar-refractivity contribution in [2.45, 2.75) is 6.36 Å². The summed E-state index contributed by atoms with van der Waals surface area (Å²) in [6.45, 7) is 0. The summed E-state index contributed by atoms with van der Waals surface area (Å²) in [6.07, 6.45) is -0.847. The number of hydrogen-bond acceptors (Lipinski definition) is 3. The summed E-state index contributed by atoms with van der Waals surface area (Å²) in [4.78, 5) is 0. The Kier molecular flexibility index (Phi) is 4.36. The maximum Gasteiger partial charge on any atom is 0.204 e. The predicted molar refractivity (Wildman–Crippen MR) is 70.0 cm³/mol. The molecule has 1 radical (unpaired) electrons. The normalized spacial score (nSPS) is 11.9. The van der Waals surface area contributed by atoms with Gasteiger partial charge >= 0.3 is 0 Å². The third-order valence-electron chi connectivity index (χ3n) is 2.49. The molecule has 3 nitrogen and oxygen atoms in total. The van der Waals surface area contributed by atoms with Crippen LogP contribution in [0.3, 0.4) is 0 Å². The fraction of sp³-hybridized carbons (Fsp3) is 0.133. The van der Waals surface area contributed by atoms with E-state index >= 15 is 0 Å². The molecule has 19 heavy (non-hydrogen) atoms. The average molecular weight is 261 g/mol. The van der Waals surface area contributed by atoms with Gasteiger partial charge in [0.2, 0.25) is 6.36 Å². The number of halogens is 1. The van der Waals surface area contributed by atoms with Gasteiger partial charge in [-0.3, -0.25) is 0 Å². The lowest BCUT2D eigenvalue weighted by atomic mass is 10.1. The second kappa shape index (κ2) is 6.20. The highest BCUT2D eigenvalue weighted by Crippen LogP contribution is 2.25. The third kappa shape index (κ3) is 3.96. The van der Waals surface area contributed by atoms with Crippen LogP contribution in [-0.2, 0) is 0 Å². The maximum atomic E-state index is 12.4. The standard InChI is InChI=1S/C15H14FO3/c1-18-13-3-2-4-14(10-13)19-12-7-5-11(6-8-12)9-15(16)17/h2-10,15,17H,1H3. The van der Waals surface area contributed by atoms with Gasteiger partial charge in [0.15, 0.2) is 0 Å². The topological polar surface area (TPSA) is 38.7 Å². The maximum absolute atomic E-state index is 12.4. The van der Waals surface area contributed by atoms with E-state index in [0.717, 1.165) is 6.42 Å². The van der Waals surface area contributed by atoms with Crippen molar-refractivity contribution in [1.82, 2.24) is 0 Å². The van der Waals surface area contributed by atoms with E-state index < -0.39 is 6.36 Å². The van der Waals surface area contributed by atoms with Gasteiger partial charge in [0.05, 0.1) is 13.5 Å². The Labute approximate surface area is 111 Å². The lowest BCUT2D eigenvalue weighted by Crippen LogP contribution is -1.98. The highest BCUT2D eigenvalue weighted by atomic mass is 19.1. The zero-order chi connectivity index (χ0) is 13.7. The van der Waals surface area contributed by atoms with Gasteiger partial charge in [-0.05, 0) is 29.8 Å². The van der Waals surface area contributed by atoms with Crippen LogP contribution < -0.4 is 9.47 Å². The molecule has 4 heteroatoms. The van der Waals surface area contributed by atoms with E-state index in [9.17, 15) is 4.39 Å². The van der Waals surface area contributed by atoms with Crippen molar-refractivity contribution in [2.75, 3.05) is 7.11 Å². The Bertz CT molecular complexity index is 523. The van der Waals surface area contributed by atoms with Crippen LogP contribution in [0.25, 0.3) is 0 Å². The van der Waals surface area contributed by atoms with Crippen LogP contribution in [0, 0.1) is 6.42 Å². The molecule has 0 saturated heterocycles. The van der Waals surface area contributed by atoms with Crippen LogP contribution in [-0.4, -0.2) is 18.6 Å². The number of hydrogen-bond donors (Lipinski definition) is 1. The lowest BCUT2D eigenvalue weighted by Gasteiger charge is -2.08. The lowest BCUT2D eigenvalue weighted by molar-refractivity contribution is 0.0759. The third-order valence-corrected chi connectivity index (χ3v) is 2.49. The molecule has 0 aliphatic rings. The summed E-state index contributed by atoms with van der Waals surface area (Å²) in [6, 6.07) is 14.0. The Hall–Kier alpha value is -2.07. The Morgan fingerprint density at radius 1 is 1.05 bits per heavy atom. The smallest absolute Gasteiger partial charge is 0.204 e. The molecule has 2 rings (SSSR count). The summed E-state index contributed by atoms with van der Waals surface area (Å²) in [5.41, 5.74) is 0.591. The Morgan fingerprint density at radius 3 is 2.37 bits per heavy atom. The fourth-order valence-corrected chi connectivity index (χ4v) is 1.61. The summed E-state index contributed by atoms with van der Waals surface area (Å²) >= 11 is 0. The first-order valence-electron chi connectivity index (χ1n) is 5.76. The number of benzene rings is 2. The summed E-state index contributed by atoms with van der Waals surface area (Å²) < 4.78 is 23.1. The van der Waals surface area contributed by atoms with E-state index in [-0.39, 0.29) is 0 Å². The first kappa shape index (κ1) is 13.4. The minimum Gasteiger partial charge on any atom is -0.497 e. The molecule has 99 valence electrons. The minimum absolute atomic E-state index is 0.591. The van der Waals surface area contributed by atoms with E-state index in [0.29, 0.717) is 22.8 Å². The summed E-state index contributed by atoms with van der Waals surface area (Å²) in [5, 5.41) is 8.60. The molecule has 0 aromatic heterocycles. The van der Waals surface area contributed by atoms with Gasteiger partial charge in [-0.25, -0.2) is 4.39 Å². The van der Waals surface area contributed by atoms with E-state index in [1.54, 1.807) is 37.4 Å². The monoisotopic (exact) mass is 261 g/mol. The molecule has 1 atom stereocenters. The van der Waals surface area contributed by atoms with Crippen molar-refractivity contribution in [2.24, 2.45) is 0 Å². The predicted octanol–water partition coefficient (Wildman–Crippen LogP) is 3.33. The van der Waals surface area contributed by atoms with Gasteiger partial charge in [0.25, 0.3) is 0 Å². The van der Waals surface area contributed by atoms with Crippen molar-refractivity contribution in [3.05, 3.63) is 60.5 Å². The molecule has 0 saturated carbocycles. The quantitative estimate of drug-likeness (QED) is 0.897. The number of alkyl halides is 1. The van der Waals surface area contributed by atoms with Gasteiger partial charge in [-0.1, -0.05) is 18.2 Å². The summed E-state index contributed by atoms with van der Waals surface area (Å²) in [7, 11) is 1.59. The van der Waals surface area contributed by atoms with Crippen LogP contribution >= 0.6 is 0 Å². The molecule has 1 unspecified atom stereocenters. The van der Waals surface area contributed by atoms with Crippen molar-refractivity contribution in [3.63, 3.8) is 0 Å². The second-order valence-corrected chi connectivity index (χ2v) is 3.89. The Balaban J connectivity index is 2.06. The number of aliphatic hydroxyl groups is 1. The second-order valence-electron chi connectivity index (χ2n) is 3.89. The zero-order valence-electron chi connectivity index (χ0n) is 10.4. The van der Waals surface area contributed by atoms with Crippen molar-refractivity contribution >= 4 is 0 Å². The van der Waals surface area contributed by atoms with Gasteiger partial charge < -0.3 is 14.6 Å². The number of rotatable bonds is 5. The fourth-order valence-electron chi connectivity index (χ4n) is 1.61. The van der Waals surface area contributed by atoms with E-state index in [4.69, 9.17) is 14.6 Å². The first-order valence-corrected chi connectivity index (χ1v) is 5.76. The molecule has 0 spiro atoms. The van der Waals surface area contributed by atoms with Gasteiger partial charge in [-0.2, -0.15) is 0 Å². The zero-order valence-corrected chi connectivity index (χ0v) is 10.4. The van der Waals surface area contributed by atoms with Crippen LogP contribution in [0.4, 0.5) is 4.39 Å². The average Bonchev–Trinajstić information content (AvgIpc) is 2.41. The highest BCUT2D eigenvalue weighted by molar-refractivity contribution is 5.38. The molecular formula is C15H14FO3. The molecule has 0 amide bonds. The van der Waals surface area contributed by atoms with Crippen LogP contribution in [0.15, 0.2) is 48.5 Å². The van der Waals surface area contributed by atoms with Crippen LogP contribution in [0.5, 0.6) is 17.2 Å². The Morgan fingerprint density at radius 2 is 1.74 bits per heavy atom. The largest absolute Gasteiger partial charge is 0.497 e.